The van der Waals surface area contributed by atoms with E-state index in [1.54, 1.807) is 49.4 Å². The highest BCUT2D eigenvalue weighted by Crippen LogP contribution is 2.27. The molecule has 170 valence electrons. The number of hydrogen-bond acceptors (Lipinski definition) is 5. The van der Waals surface area contributed by atoms with Crippen LogP contribution < -0.4 is 13.9 Å². The Bertz CT molecular complexity index is 1170. The Kier molecular flexibility index (Phi) is 7.96. The number of benzene rings is 2. The molecule has 0 atom stereocenters. The van der Waals surface area contributed by atoms with Crippen LogP contribution in [0.4, 0.5) is 17.1 Å². The molecule has 2 aromatic rings. The van der Waals surface area contributed by atoms with Crippen LogP contribution in [0.5, 0.6) is 0 Å². The van der Waals surface area contributed by atoms with E-state index in [0.29, 0.717) is 22.1 Å². The summed E-state index contributed by atoms with van der Waals surface area (Å²) in [6, 6.07) is 11.5. The van der Waals surface area contributed by atoms with Crippen LogP contribution in [0.1, 0.15) is 18.4 Å². The molecular weight excluding hydrogens is 462 g/mol. The van der Waals surface area contributed by atoms with Crippen LogP contribution in [0.3, 0.4) is 0 Å². The summed E-state index contributed by atoms with van der Waals surface area (Å²) < 4.78 is 50.3. The third-order valence-electron chi connectivity index (χ3n) is 4.60. The van der Waals surface area contributed by atoms with E-state index in [9.17, 15) is 21.6 Å². The molecule has 1 N–H and O–H groups in total. The summed E-state index contributed by atoms with van der Waals surface area (Å²) in [4.78, 5) is 12.3. The Labute approximate surface area is 188 Å². The zero-order valence-corrected chi connectivity index (χ0v) is 20.2. The standard InChI is InChI=1S/C20H26ClN3O5S2/c1-15-10-11-16(21)13-19(15)24(31(4,28)29)12-6-9-20(25)22-17-7-5-8-18(14-17)23(2)30(3,26)27/h5,7-8,10-11,13-14H,6,9,12H2,1-4H3,(H,22,25). The molecule has 0 fully saturated rings. The molecule has 0 spiro atoms. The quantitative estimate of drug-likeness (QED) is 0.584. The number of amides is 1. The molecule has 8 nitrogen and oxygen atoms in total. The minimum Gasteiger partial charge on any atom is -0.326 e. The molecule has 2 rings (SSSR count). The lowest BCUT2D eigenvalue weighted by molar-refractivity contribution is -0.116. The van der Waals surface area contributed by atoms with Gasteiger partial charge >= 0.3 is 0 Å². The first-order chi connectivity index (χ1) is 14.3. The second-order valence-electron chi connectivity index (χ2n) is 7.20. The second-order valence-corrected chi connectivity index (χ2v) is 11.6. The van der Waals surface area contributed by atoms with Crippen molar-refractivity contribution in [2.75, 3.05) is 40.0 Å². The fourth-order valence-electron chi connectivity index (χ4n) is 2.89. The first-order valence-corrected chi connectivity index (χ1v) is 13.4. The van der Waals surface area contributed by atoms with E-state index in [2.05, 4.69) is 5.32 Å². The first kappa shape index (κ1) is 25.0. The fraction of sp³-hybridized carbons (Fsp3) is 0.350. The minimum atomic E-state index is -3.56. The van der Waals surface area contributed by atoms with Gasteiger partial charge in [0.2, 0.25) is 26.0 Å². The molecule has 0 saturated heterocycles. The average Bonchev–Trinajstić information content (AvgIpc) is 2.65. The highest BCUT2D eigenvalue weighted by atomic mass is 35.5. The van der Waals surface area contributed by atoms with Crippen LogP contribution >= 0.6 is 11.6 Å². The molecule has 11 heteroatoms. The average molecular weight is 488 g/mol. The maximum atomic E-state index is 12.3. The van der Waals surface area contributed by atoms with Gasteiger partial charge in [0.25, 0.3) is 0 Å². The molecule has 0 aliphatic rings. The van der Waals surface area contributed by atoms with Gasteiger partial charge in [-0.25, -0.2) is 16.8 Å². The van der Waals surface area contributed by atoms with Crippen LogP contribution in [-0.2, 0) is 24.8 Å². The summed E-state index contributed by atoms with van der Waals surface area (Å²) in [5.41, 5.74) is 2.10. The van der Waals surface area contributed by atoms with E-state index < -0.39 is 20.0 Å². The number of hydrogen-bond donors (Lipinski definition) is 1. The van der Waals surface area contributed by atoms with Crippen molar-refractivity contribution in [1.82, 2.24) is 0 Å². The van der Waals surface area contributed by atoms with Gasteiger partial charge < -0.3 is 5.32 Å². The van der Waals surface area contributed by atoms with Gasteiger partial charge in [0.1, 0.15) is 0 Å². The number of aryl methyl sites for hydroxylation is 1. The smallest absolute Gasteiger partial charge is 0.232 e. The third kappa shape index (κ3) is 7.12. The van der Waals surface area contributed by atoms with Crippen molar-refractivity contribution in [3.8, 4) is 0 Å². The number of halogens is 1. The lowest BCUT2D eigenvalue weighted by Crippen LogP contribution is -2.32. The van der Waals surface area contributed by atoms with Crippen molar-refractivity contribution < 1.29 is 21.6 Å². The van der Waals surface area contributed by atoms with Crippen molar-refractivity contribution in [2.45, 2.75) is 19.8 Å². The molecule has 2 aromatic carbocycles. The summed E-state index contributed by atoms with van der Waals surface area (Å²) in [6.07, 6.45) is 2.57. The molecule has 0 heterocycles. The molecular formula is C20H26ClN3O5S2. The maximum Gasteiger partial charge on any atom is 0.232 e. The summed E-state index contributed by atoms with van der Waals surface area (Å²) in [5, 5.41) is 3.13. The fourth-order valence-corrected chi connectivity index (χ4v) is 4.57. The zero-order chi connectivity index (χ0) is 23.4. The van der Waals surface area contributed by atoms with Crippen LogP contribution in [0, 0.1) is 6.92 Å². The topological polar surface area (TPSA) is 104 Å². The van der Waals surface area contributed by atoms with E-state index >= 15 is 0 Å². The van der Waals surface area contributed by atoms with Crippen molar-refractivity contribution in [1.29, 1.82) is 0 Å². The highest BCUT2D eigenvalue weighted by molar-refractivity contribution is 7.92. The number of nitrogens with one attached hydrogen (secondary N) is 1. The summed E-state index contributed by atoms with van der Waals surface area (Å²) in [6.45, 7) is 1.90. The normalized spacial score (nSPS) is 11.8. The van der Waals surface area contributed by atoms with E-state index in [-0.39, 0.29) is 25.3 Å². The van der Waals surface area contributed by atoms with E-state index in [1.807, 2.05) is 0 Å². The van der Waals surface area contributed by atoms with Crippen LogP contribution in [0.25, 0.3) is 0 Å². The zero-order valence-electron chi connectivity index (χ0n) is 17.8. The highest BCUT2D eigenvalue weighted by Gasteiger charge is 2.20. The lowest BCUT2D eigenvalue weighted by Gasteiger charge is -2.24. The largest absolute Gasteiger partial charge is 0.326 e. The molecule has 0 aliphatic heterocycles. The van der Waals surface area contributed by atoms with Gasteiger partial charge in [-0.05, 0) is 49.2 Å². The van der Waals surface area contributed by atoms with Crippen molar-refractivity contribution in [2.24, 2.45) is 0 Å². The molecule has 0 aliphatic carbocycles. The van der Waals surface area contributed by atoms with Gasteiger partial charge in [-0.1, -0.05) is 23.7 Å². The Balaban J connectivity index is 2.04. The van der Waals surface area contributed by atoms with Crippen molar-refractivity contribution in [3.05, 3.63) is 53.1 Å². The Morgan fingerprint density at radius 1 is 1.03 bits per heavy atom. The lowest BCUT2D eigenvalue weighted by atomic mass is 10.2. The van der Waals surface area contributed by atoms with Crippen molar-refractivity contribution >= 4 is 54.6 Å². The SMILES string of the molecule is Cc1ccc(Cl)cc1N(CCCC(=O)Nc1cccc(N(C)S(C)(=O)=O)c1)S(C)(=O)=O. The number of rotatable bonds is 9. The van der Waals surface area contributed by atoms with Gasteiger partial charge in [-0.15, -0.1) is 0 Å². The Morgan fingerprint density at radius 2 is 1.71 bits per heavy atom. The first-order valence-electron chi connectivity index (χ1n) is 9.37. The third-order valence-corrected chi connectivity index (χ3v) is 7.22. The van der Waals surface area contributed by atoms with Gasteiger partial charge in [0, 0.05) is 30.7 Å². The number of sulfonamides is 2. The van der Waals surface area contributed by atoms with Gasteiger partial charge in [0.15, 0.2) is 0 Å². The van der Waals surface area contributed by atoms with E-state index in [0.717, 1.165) is 22.4 Å². The molecule has 31 heavy (non-hydrogen) atoms. The summed E-state index contributed by atoms with van der Waals surface area (Å²) in [5.74, 6) is -0.310. The van der Waals surface area contributed by atoms with Gasteiger partial charge in [-0.2, -0.15) is 0 Å². The number of carbonyl (C=O) groups is 1. The number of carbonyl (C=O) groups excluding carboxylic acids is 1. The van der Waals surface area contributed by atoms with Crippen LogP contribution in [0.2, 0.25) is 5.02 Å². The molecule has 0 bridgehead atoms. The van der Waals surface area contributed by atoms with Crippen LogP contribution in [-0.4, -0.2) is 48.8 Å². The van der Waals surface area contributed by atoms with Gasteiger partial charge in [-0.3, -0.25) is 13.4 Å². The Hall–Kier alpha value is -2.30. The van der Waals surface area contributed by atoms with E-state index in [1.165, 1.54) is 11.4 Å². The predicted octanol–water partition coefficient (Wildman–Crippen LogP) is 3.23. The summed E-state index contributed by atoms with van der Waals surface area (Å²) in [7, 11) is -5.56. The molecule has 0 radical (unpaired) electrons. The van der Waals surface area contributed by atoms with Crippen molar-refractivity contribution in [3.63, 3.8) is 0 Å². The molecule has 0 saturated carbocycles. The Morgan fingerprint density at radius 3 is 2.32 bits per heavy atom. The molecule has 0 unspecified atom stereocenters. The number of nitrogens with zero attached hydrogens (tertiary/aromatic N) is 2. The predicted molar refractivity (Wildman–Crippen MR) is 126 cm³/mol. The molecule has 0 aromatic heterocycles. The summed E-state index contributed by atoms with van der Waals surface area (Å²) >= 11 is 6.02. The second kappa shape index (κ2) is 9.88. The monoisotopic (exact) mass is 487 g/mol. The maximum absolute atomic E-state index is 12.3. The van der Waals surface area contributed by atoms with Crippen LogP contribution in [0.15, 0.2) is 42.5 Å². The minimum absolute atomic E-state index is 0.0811. The van der Waals surface area contributed by atoms with E-state index in [4.69, 9.17) is 11.6 Å². The molecule has 1 amide bonds. The number of anilines is 3. The van der Waals surface area contributed by atoms with Gasteiger partial charge in [0.05, 0.1) is 23.9 Å².